The Bertz CT molecular complexity index is 1520. The van der Waals surface area contributed by atoms with Crippen molar-refractivity contribution >= 4 is 69.5 Å². The molecule has 1 N–H and O–H groups in total. The lowest BCUT2D eigenvalue weighted by Crippen LogP contribution is -2.38. The van der Waals surface area contributed by atoms with Gasteiger partial charge < -0.3 is 14.6 Å². The van der Waals surface area contributed by atoms with E-state index in [0.29, 0.717) is 44.6 Å². The SMILES string of the molecule is O=C(O)c1ccc(CCN2C(=O)C(=Cc3cc(-c4ccc(Cl)c(Cl)c4)ccc3OCCN3CCOCC3)SC2=S)cc1. The van der Waals surface area contributed by atoms with Crippen molar-refractivity contribution in [1.29, 1.82) is 0 Å². The first kappa shape index (κ1) is 30.5. The number of nitrogens with zero attached hydrogens (tertiary/aromatic N) is 2. The Hall–Kier alpha value is -2.92. The van der Waals surface area contributed by atoms with E-state index in [1.165, 1.54) is 11.8 Å². The summed E-state index contributed by atoms with van der Waals surface area (Å²) in [6.45, 7) is 4.84. The zero-order valence-corrected chi connectivity index (χ0v) is 25.7. The highest BCUT2D eigenvalue weighted by Gasteiger charge is 2.32. The predicted octanol–water partition coefficient (Wildman–Crippen LogP) is 6.51. The number of thioether (sulfide) groups is 1. The van der Waals surface area contributed by atoms with Gasteiger partial charge in [-0.1, -0.05) is 71.4 Å². The molecule has 2 aliphatic heterocycles. The molecule has 2 saturated heterocycles. The zero-order chi connectivity index (χ0) is 29.6. The van der Waals surface area contributed by atoms with Gasteiger partial charge in [-0.05, 0) is 65.6 Å². The van der Waals surface area contributed by atoms with Gasteiger partial charge in [0.25, 0.3) is 5.91 Å². The quantitative estimate of drug-likeness (QED) is 0.198. The number of rotatable bonds is 10. The molecule has 0 bridgehead atoms. The van der Waals surface area contributed by atoms with Crippen molar-refractivity contribution in [2.75, 3.05) is 46.0 Å². The summed E-state index contributed by atoms with van der Waals surface area (Å²) >= 11 is 19.2. The van der Waals surface area contributed by atoms with Crippen LogP contribution < -0.4 is 4.74 Å². The van der Waals surface area contributed by atoms with Gasteiger partial charge in [0.2, 0.25) is 0 Å². The van der Waals surface area contributed by atoms with Crippen LogP contribution in [0, 0.1) is 0 Å². The third-order valence-electron chi connectivity index (χ3n) is 7.02. The molecular weight excluding hydrogens is 615 g/mol. The Morgan fingerprint density at radius 1 is 1.00 bits per heavy atom. The fourth-order valence-corrected chi connectivity index (χ4v) is 6.24. The van der Waals surface area contributed by atoms with Gasteiger partial charge in [-0.25, -0.2) is 4.79 Å². The van der Waals surface area contributed by atoms with E-state index in [2.05, 4.69) is 4.90 Å². The molecule has 42 heavy (non-hydrogen) atoms. The van der Waals surface area contributed by atoms with E-state index in [1.807, 2.05) is 36.4 Å². The first-order valence-corrected chi connectivity index (χ1v) is 15.4. The summed E-state index contributed by atoms with van der Waals surface area (Å²) < 4.78 is 12.1. The van der Waals surface area contributed by atoms with Gasteiger partial charge in [0.1, 0.15) is 16.7 Å². The molecule has 5 rings (SSSR count). The van der Waals surface area contributed by atoms with Crippen molar-refractivity contribution in [3.05, 3.63) is 92.3 Å². The van der Waals surface area contributed by atoms with Gasteiger partial charge in [0, 0.05) is 31.7 Å². The number of carboxylic acids is 1. The molecule has 0 saturated carbocycles. The van der Waals surface area contributed by atoms with Crippen LogP contribution in [0.3, 0.4) is 0 Å². The number of halogens is 2. The lowest BCUT2D eigenvalue weighted by atomic mass is 10.0. The Balaban J connectivity index is 1.35. The van der Waals surface area contributed by atoms with Crippen LogP contribution in [0.4, 0.5) is 0 Å². The van der Waals surface area contributed by atoms with Crippen LogP contribution in [0.25, 0.3) is 17.2 Å². The second-order valence-corrected chi connectivity index (χ2v) is 12.3. The Morgan fingerprint density at radius 3 is 2.43 bits per heavy atom. The highest BCUT2D eigenvalue weighted by atomic mass is 35.5. The summed E-state index contributed by atoms with van der Waals surface area (Å²) in [5, 5.41) is 10.1. The molecule has 0 aromatic heterocycles. The molecule has 0 aliphatic carbocycles. The number of hydrogen-bond acceptors (Lipinski definition) is 7. The van der Waals surface area contributed by atoms with Crippen LogP contribution in [-0.4, -0.2) is 77.1 Å². The van der Waals surface area contributed by atoms with E-state index in [0.717, 1.165) is 55.1 Å². The molecule has 2 fully saturated rings. The maximum Gasteiger partial charge on any atom is 0.335 e. The minimum Gasteiger partial charge on any atom is -0.492 e. The lowest BCUT2D eigenvalue weighted by molar-refractivity contribution is -0.122. The molecular formula is C31H28Cl2N2O5S2. The number of carbonyl (C=O) groups is 2. The van der Waals surface area contributed by atoms with Gasteiger partial charge in [-0.3, -0.25) is 14.6 Å². The van der Waals surface area contributed by atoms with E-state index < -0.39 is 5.97 Å². The summed E-state index contributed by atoms with van der Waals surface area (Å²) in [6, 6.07) is 17.9. The number of carbonyl (C=O) groups excluding carboxylic acids is 1. The molecule has 3 aromatic rings. The number of ether oxygens (including phenoxy) is 2. The smallest absolute Gasteiger partial charge is 0.335 e. The van der Waals surface area contributed by atoms with Gasteiger partial charge >= 0.3 is 5.97 Å². The van der Waals surface area contributed by atoms with Gasteiger partial charge in [-0.2, -0.15) is 0 Å². The average Bonchev–Trinajstić information content (AvgIpc) is 3.26. The van der Waals surface area contributed by atoms with E-state index in [4.69, 9.17) is 50.0 Å². The largest absolute Gasteiger partial charge is 0.492 e. The van der Waals surface area contributed by atoms with Crippen molar-refractivity contribution in [2.24, 2.45) is 0 Å². The van der Waals surface area contributed by atoms with E-state index >= 15 is 0 Å². The maximum absolute atomic E-state index is 13.4. The molecule has 0 unspecified atom stereocenters. The molecule has 3 aromatic carbocycles. The van der Waals surface area contributed by atoms with E-state index in [9.17, 15) is 9.59 Å². The normalized spacial score (nSPS) is 16.8. The first-order chi connectivity index (χ1) is 20.3. The summed E-state index contributed by atoms with van der Waals surface area (Å²) in [7, 11) is 0. The lowest BCUT2D eigenvalue weighted by Gasteiger charge is -2.26. The fraction of sp³-hybridized carbons (Fsp3) is 0.258. The van der Waals surface area contributed by atoms with Gasteiger partial charge in [-0.15, -0.1) is 0 Å². The van der Waals surface area contributed by atoms with Crippen LogP contribution in [-0.2, 0) is 16.0 Å². The maximum atomic E-state index is 13.4. The van der Waals surface area contributed by atoms with Crippen molar-refractivity contribution in [1.82, 2.24) is 9.80 Å². The van der Waals surface area contributed by atoms with Gasteiger partial charge in [0.15, 0.2) is 0 Å². The average molecular weight is 644 g/mol. The van der Waals surface area contributed by atoms with Gasteiger partial charge in [0.05, 0.1) is 33.7 Å². The van der Waals surface area contributed by atoms with E-state index in [1.54, 1.807) is 35.2 Å². The van der Waals surface area contributed by atoms with Crippen molar-refractivity contribution in [3.63, 3.8) is 0 Å². The van der Waals surface area contributed by atoms with Crippen LogP contribution >= 0.6 is 47.2 Å². The van der Waals surface area contributed by atoms with Crippen molar-refractivity contribution in [2.45, 2.75) is 6.42 Å². The molecule has 2 aliphatic rings. The molecule has 0 spiro atoms. The minimum atomic E-state index is -0.976. The van der Waals surface area contributed by atoms with Crippen LogP contribution in [0.2, 0.25) is 10.0 Å². The second-order valence-electron chi connectivity index (χ2n) is 9.77. The molecule has 2 heterocycles. The monoisotopic (exact) mass is 642 g/mol. The van der Waals surface area contributed by atoms with Crippen molar-refractivity contribution in [3.8, 4) is 16.9 Å². The van der Waals surface area contributed by atoms with Crippen molar-refractivity contribution < 1.29 is 24.2 Å². The molecule has 0 atom stereocenters. The summed E-state index contributed by atoms with van der Waals surface area (Å²) in [6.07, 6.45) is 2.37. The number of hydrogen-bond donors (Lipinski definition) is 1. The topological polar surface area (TPSA) is 79.3 Å². The number of carboxylic acid groups (broad SMARTS) is 1. The van der Waals surface area contributed by atoms with Crippen LogP contribution in [0.1, 0.15) is 21.5 Å². The summed E-state index contributed by atoms with van der Waals surface area (Å²) in [5.41, 5.74) is 3.69. The first-order valence-electron chi connectivity index (χ1n) is 13.4. The molecule has 218 valence electrons. The van der Waals surface area contributed by atoms with E-state index in [-0.39, 0.29) is 11.5 Å². The van der Waals surface area contributed by atoms with Crippen LogP contribution in [0.5, 0.6) is 5.75 Å². The number of morpholine rings is 1. The molecule has 0 radical (unpaired) electrons. The Kier molecular flexibility index (Phi) is 10.2. The van der Waals surface area contributed by atoms with Crippen LogP contribution in [0.15, 0.2) is 65.6 Å². The zero-order valence-electron chi connectivity index (χ0n) is 22.6. The third kappa shape index (κ3) is 7.53. The fourth-order valence-electron chi connectivity index (χ4n) is 4.65. The molecule has 1 amide bonds. The Labute approximate surface area is 264 Å². The predicted molar refractivity (Wildman–Crippen MR) is 172 cm³/mol. The second kappa shape index (κ2) is 14.0. The standard InChI is InChI=1S/C31H28Cl2N2O5S2/c32-25-7-5-23(18-26(25)33)22-6-8-27(40-16-13-34-11-14-39-15-12-34)24(17-22)19-28-29(36)35(31(41)42-28)10-9-20-1-3-21(4-2-20)30(37)38/h1-8,17-19H,9-16H2,(H,37,38). The minimum absolute atomic E-state index is 0.175. The summed E-state index contributed by atoms with van der Waals surface area (Å²) in [4.78, 5) is 29.0. The third-order valence-corrected chi connectivity index (χ3v) is 9.13. The number of thiocarbonyl (C=S) groups is 1. The number of benzene rings is 3. The molecule has 11 heteroatoms. The highest BCUT2D eigenvalue weighted by molar-refractivity contribution is 8.26. The summed E-state index contributed by atoms with van der Waals surface area (Å²) in [5.74, 6) is -0.487. The Morgan fingerprint density at radius 2 is 1.71 bits per heavy atom. The number of amides is 1. The highest BCUT2D eigenvalue weighted by Crippen LogP contribution is 2.37. The number of aromatic carboxylic acids is 1. The molecule has 7 nitrogen and oxygen atoms in total.